The number of halogens is 2. The van der Waals surface area contributed by atoms with Crippen LogP contribution in [-0.2, 0) is 11.0 Å². The van der Waals surface area contributed by atoms with Crippen LogP contribution in [0.5, 0.6) is 0 Å². The van der Waals surface area contributed by atoms with Crippen molar-refractivity contribution in [1.82, 2.24) is 9.97 Å². The average Bonchev–Trinajstić information content (AvgIpc) is 3.07. The molecule has 3 aromatic rings. The number of benzene rings is 2. The third-order valence-electron chi connectivity index (χ3n) is 7.07. The van der Waals surface area contributed by atoms with Crippen LogP contribution in [0.3, 0.4) is 0 Å². The highest BCUT2D eigenvalue weighted by atomic mass is 35.5. The third kappa shape index (κ3) is 4.28. The Labute approximate surface area is 208 Å². The third-order valence-corrected chi connectivity index (χ3v) is 10.2. The maximum atomic E-state index is 14.2. The quantitative estimate of drug-likeness (QED) is 0.461. The minimum atomic E-state index is -2.86. The first-order valence-electron chi connectivity index (χ1n) is 11.3. The summed E-state index contributed by atoms with van der Waals surface area (Å²) < 4.78 is 26.7. The van der Waals surface area contributed by atoms with Crippen molar-refractivity contribution in [3.05, 3.63) is 70.8 Å². The lowest BCUT2D eigenvalue weighted by Crippen LogP contribution is -2.44. The molecule has 5 nitrogen and oxygen atoms in total. The molecule has 0 unspecified atom stereocenters. The highest BCUT2D eigenvalue weighted by Crippen LogP contribution is 2.51. The number of anilines is 1. The van der Waals surface area contributed by atoms with E-state index in [1.54, 1.807) is 18.5 Å². The fourth-order valence-electron chi connectivity index (χ4n) is 5.22. The van der Waals surface area contributed by atoms with Crippen molar-refractivity contribution < 1.29 is 8.96 Å². The molecule has 1 aromatic heterocycles. The van der Waals surface area contributed by atoms with Crippen molar-refractivity contribution in [2.24, 2.45) is 11.1 Å². The zero-order chi connectivity index (χ0) is 24.1. The number of rotatable bonds is 4. The van der Waals surface area contributed by atoms with Crippen LogP contribution in [0.4, 0.5) is 10.2 Å². The summed E-state index contributed by atoms with van der Waals surface area (Å²) in [5.74, 6) is 0.290. The topological polar surface area (TPSA) is 72.1 Å². The second-order valence-corrected chi connectivity index (χ2v) is 14.2. The molecule has 1 spiro atoms. The summed E-state index contributed by atoms with van der Waals surface area (Å²) >= 11 is 7.70. The normalized spacial score (nSPS) is 19.4. The van der Waals surface area contributed by atoms with Gasteiger partial charge in [0.05, 0.1) is 22.7 Å². The van der Waals surface area contributed by atoms with Gasteiger partial charge in [0.25, 0.3) is 0 Å². The van der Waals surface area contributed by atoms with Gasteiger partial charge in [-0.25, -0.2) is 14.4 Å². The smallest absolute Gasteiger partial charge is 0.147 e. The SMILES string of the molecule is CP(C)(=O)c1c(F)ccc(Sc2cnc(N3CCC4(CC3)Cc3ccccc3[C@H]4N)cn2)c1Cl. The van der Waals surface area contributed by atoms with Gasteiger partial charge in [0, 0.05) is 24.0 Å². The summed E-state index contributed by atoms with van der Waals surface area (Å²) in [4.78, 5) is 12.1. The number of fused-ring (bicyclic) bond motifs is 1. The van der Waals surface area contributed by atoms with Crippen LogP contribution in [0.2, 0.25) is 5.02 Å². The lowest BCUT2D eigenvalue weighted by molar-refractivity contribution is 0.187. The predicted molar refractivity (Wildman–Crippen MR) is 138 cm³/mol. The van der Waals surface area contributed by atoms with Gasteiger partial charge in [0.2, 0.25) is 0 Å². The lowest BCUT2D eigenvalue weighted by Gasteiger charge is -2.42. The molecule has 0 amide bonds. The van der Waals surface area contributed by atoms with Gasteiger partial charge in [0.1, 0.15) is 23.8 Å². The van der Waals surface area contributed by atoms with Gasteiger partial charge in [-0.05, 0) is 61.3 Å². The molecule has 178 valence electrons. The molecule has 1 aliphatic heterocycles. The Balaban J connectivity index is 1.27. The molecule has 2 N–H and O–H groups in total. The monoisotopic (exact) mass is 516 g/mol. The molecule has 1 atom stereocenters. The summed E-state index contributed by atoms with van der Waals surface area (Å²) in [6, 6.07) is 11.5. The highest BCUT2D eigenvalue weighted by Gasteiger charge is 2.45. The van der Waals surface area contributed by atoms with Gasteiger partial charge in [0.15, 0.2) is 0 Å². The molecule has 0 saturated carbocycles. The maximum absolute atomic E-state index is 14.2. The molecule has 2 heterocycles. The first kappa shape index (κ1) is 23.8. The molecular formula is C25H27ClFN4OPS. The van der Waals surface area contributed by atoms with Gasteiger partial charge in [-0.2, -0.15) is 0 Å². The van der Waals surface area contributed by atoms with E-state index >= 15 is 0 Å². The van der Waals surface area contributed by atoms with Crippen LogP contribution in [0.1, 0.15) is 30.0 Å². The van der Waals surface area contributed by atoms with Gasteiger partial charge in [-0.1, -0.05) is 47.6 Å². The molecule has 0 radical (unpaired) electrons. The van der Waals surface area contributed by atoms with E-state index in [4.69, 9.17) is 17.3 Å². The van der Waals surface area contributed by atoms with Crippen LogP contribution >= 0.6 is 30.5 Å². The second-order valence-electron chi connectivity index (χ2n) is 9.58. The van der Waals surface area contributed by atoms with E-state index in [0.717, 1.165) is 38.2 Å². The Morgan fingerprint density at radius 3 is 2.53 bits per heavy atom. The summed E-state index contributed by atoms with van der Waals surface area (Å²) in [6.45, 7) is 4.80. The molecular weight excluding hydrogens is 490 g/mol. The zero-order valence-corrected chi connectivity index (χ0v) is 21.6. The zero-order valence-electron chi connectivity index (χ0n) is 19.2. The largest absolute Gasteiger partial charge is 0.355 e. The first-order chi connectivity index (χ1) is 16.2. The van der Waals surface area contributed by atoms with Crippen molar-refractivity contribution in [2.45, 2.75) is 35.2 Å². The van der Waals surface area contributed by atoms with Gasteiger partial charge in [-0.3, -0.25) is 0 Å². The van der Waals surface area contributed by atoms with E-state index in [-0.39, 0.29) is 21.8 Å². The Morgan fingerprint density at radius 2 is 1.88 bits per heavy atom. The van der Waals surface area contributed by atoms with Crippen molar-refractivity contribution in [3.63, 3.8) is 0 Å². The number of aromatic nitrogens is 2. The van der Waals surface area contributed by atoms with E-state index in [9.17, 15) is 8.96 Å². The fourth-order valence-corrected chi connectivity index (χ4v) is 8.12. The average molecular weight is 517 g/mol. The molecule has 2 aromatic carbocycles. The summed E-state index contributed by atoms with van der Waals surface area (Å²) in [5, 5.41) is 0.907. The van der Waals surface area contributed by atoms with E-state index in [0.29, 0.717) is 9.92 Å². The molecule has 1 fully saturated rings. The maximum Gasteiger partial charge on any atom is 0.147 e. The fraction of sp³-hybridized carbons (Fsp3) is 0.360. The minimum Gasteiger partial charge on any atom is -0.355 e. The first-order valence-corrected chi connectivity index (χ1v) is 15.1. The Hall–Kier alpha value is -1.92. The number of hydrogen-bond acceptors (Lipinski definition) is 6. The molecule has 2 aliphatic rings. The number of nitrogens with zero attached hydrogens (tertiary/aromatic N) is 3. The Morgan fingerprint density at radius 1 is 1.15 bits per heavy atom. The summed E-state index contributed by atoms with van der Waals surface area (Å²) in [6.07, 6.45) is 6.55. The minimum absolute atomic E-state index is 0.0817. The summed E-state index contributed by atoms with van der Waals surface area (Å²) in [5.41, 5.74) is 9.49. The molecule has 9 heteroatoms. The van der Waals surface area contributed by atoms with E-state index < -0.39 is 13.0 Å². The van der Waals surface area contributed by atoms with Crippen LogP contribution in [0.15, 0.2) is 58.7 Å². The van der Waals surface area contributed by atoms with Crippen LogP contribution < -0.4 is 15.9 Å². The second kappa shape index (κ2) is 8.94. The Bertz CT molecular complexity index is 1270. The van der Waals surface area contributed by atoms with Gasteiger partial charge in [-0.15, -0.1) is 0 Å². The molecule has 1 aliphatic carbocycles. The van der Waals surface area contributed by atoms with Crippen LogP contribution in [0.25, 0.3) is 0 Å². The van der Waals surface area contributed by atoms with Crippen molar-refractivity contribution in [2.75, 3.05) is 31.3 Å². The Kier molecular flexibility index (Phi) is 6.26. The highest BCUT2D eigenvalue weighted by molar-refractivity contribution is 7.99. The lowest BCUT2D eigenvalue weighted by atomic mass is 9.73. The van der Waals surface area contributed by atoms with E-state index in [1.165, 1.54) is 42.3 Å². The number of piperidine rings is 1. The van der Waals surface area contributed by atoms with Gasteiger partial charge >= 0.3 is 0 Å². The van der Waals surface area contributed by atoms with E-state index in [1.807, 2.05) is 0 Å². The van der Waals surface area contributed by atoms with Crippen molar-refractivity contribution in [3.8, 4) is 0 Å². The van der Waals surface area contributed by atoms with E-state index in [2.05, 4.69) is 39.1 Å². The summed E-state index contributed by atoms with van der Waals surface area (Å²) in [7, 11) is -2.86. The molecule has 1 saturated heterocycles. The van der Waals surface area contributed by atoms with Crippen molar-refractivity contribution in [1.29, 1.82) is 0 Å². The van der Waals surface area contributed by atoms with Crippen LogP contribution in [-0.4, -0.2) is 36.4 Å². The number of nitrogens with two attached hydrogens (primary N) is 1. The van der Waals surface area contributed by atoms with Crippen LogP contribution in [0, 0.1) is 11.2 Å². The van der Waals surface area contributed by atoms with Gasteiger partial charge < -0.3 is 15.2 Å². The standard InChI is InChI=1S/C25H27ClFN4OPS/c1-33(2,32)23-18(27)7-8-19(22(23)26)34-21-15-29-20(14-30-21)31-11-9-25(10-12-31)13-16-5-3-4-6-17(16)24(25)28/h3-8,14-15,24H,9-13,28H2,1-2H3/t24-/m1/s1. The van der Waals surface area contributed by atoms with Crippen molar-refractivity contribution >= 4 is 41.6 Å². The predicted octanol–water partition coefficient (Wildman–Crippen LogP) is 5.51. The molecule has 34 heavy (non-hydrogen) atoms. The molecule has 5 rings (SSSR count). The molecule has 0 bridgehead atoms. The number of hydrogen-bond donors (Lipinski definition) is 1.